The van der Waals surface area contributed by atoms with Gasteiger partial charge in [-0.1, -0.05) is 30.3 Å². The molecule has 5 rings (SSSR count). The molecule has 7 nitrogen and oxygen atoms in total. The van der Waals surface area contributed by atoms with Crippen LogP contribution in [0.25, 0.3) is 0 Å². The number of aryl methyl sites for hydroxylation is 1. The van der Waals surface area contributed by atoms with Gasteiger partial charge in [0, 0.05) is 25.9 Å². The summed E-state index contributed by atoms with van der Waals surface area (Å²) in [6.07, 6.45) is 4.72. The minimum absolute atomic E-state index is 0.102. The molecule has 2 aromatic rings. The molecule has 3 aliphatic heterocycles. The summed E-state index contributed by atoms with van der Waals surface area (Å²) in [6.45, 7) is 3.37. The van der Waals surface area contributed by atoms with E-state index >= 15 is 0 Å². The van der Waals surface area contributed by atoms with Crippen molar-refractivity contribution >= 4 is 17.4 Å². The second-order valence-corrected chi connectivity index (χ2v) is 8.24. The Kier molecular flexibility index (Phi) is 4.44. The Balaban J connectivity index is 1.31. The highest BCUT2D eigenvalue weighted by Gasteiger charge is 2.57. The number of carbonyl (C=O) groups is 1. The van der Waals surface area contributed by atoms with Gasteiger partial charge in [-0.15, -0.1) is 0 Å². The van der Waals surface area contributed by atoms with Gasteiger partial charge in [-0.05, 0) is 37.0 Å². The maximum Gasteiger partial charge on any atom is 0.257 e. The number of hydrogen-bond acceptors (Lipinski definition) is 6. The van der Waals surface area contributed by atoms with Gasteiger partial charge < -0.3 is 14.5 Å². The molecule has 1 aromatic heterocycles. The molecule has 2 N–H and O–H groups in total. The van der Waals surface area contributed by atoms with Gasteiger partial charge in [0.25, 0.3) is 5.91 Å². The Labute approximate surface area is 170 Å². The van der Waals surface area contributed by atoms with Gasteiger partial charge in [0.05, 0.1) is 17.9 Å². The largest absolute Gasteiger partial charge is 0.356 e. The van der Waals surface area contributed by atoms with Crippen molar-refractivity contribution in [1.82, 2.24) is 9.88 Å². The maximum absolute atomic E-state index is 13.5. The van der Waals surface area contributed by atoms with E-state index in [1.165, 1.54) is 5.56 Å². The van der Waals surface area contributed by atoms with Crippen molar-refractivity contribution in [1.29, 1.82) is 0 Å². The van der Waals surface area contributed by atoms with E-state index in [1.54, 1.807) is 6.20 Å². The molecule has 29 heavy (non-hydrogen) atoms. The van der Waals surface area contributed by atoms with Crippen molar-refractivity contribution in [3.05, 3.63) is 53.7 Å². The third-order valence-electron chi connectivity index (χ3n) is 6.62. The summed E-state index contributed by atoms with van der Waals surface area (Å²) in [4.78, 5) is 22.1. The first-order chi connectivity index (χ1) is 14.1. The summed E-state index contributed by atoms with van der Waals surface area (Å²) >= 11 is 0. The number of nitrogens with one attached hydrogen (secondary N) is 1. The predicted molar refractivity (Wildman–Crippen MR) is 109 cm³/mol. The number of amides is 1. The fourth-order valence-electron chi connectivity index (χ4n) is 4.98. The van der Waals surface area contributed by atoms with Crippen LogP contribution < -0.4 is 10.4 Å². The van der Waals surface area contributed by atoms with Gasteiger partial charge in [-0.3, -0.25) is 15.5 Å². The summed E-state index contributed by atoms with van der Waals surface area (Å²) in [5.41, 5.74) is 4.18. The zero-order valence-electron chi connectivity index (χ0n) is 16.5. The number of fused-ring (bicyclic) bond motifs is 1. The van der Waals surface area contributed by atoms with Crippen LogP contribution in [0.15, 0.2) is 42.6 Å². The van der Waals surface area contributed by atoms with Gasteiger partial charge in [-0.2, -0.15) is 0 Å². The van der Waals surface area contributed by atoms with Crippen LogP contribution in [0.2, 0.25) is 0 Å². The lowest BCUT2D eigenvalue weighted by molar-refractivity contribution is -0.140. The molecule has 0 aliphatic carbocycles. The molecule has 0 bridgehead atoms. The number of pyridine rings is 1. The lowest BCUT2D eigenvalue weighted by Crippen LogP contribution is -2.50. The third kappa shape index (κ3) is 2.96. The summed E-state index contributed by atoms with van der Waals surface area (Å²) < 4.78 is 6.41. The van der Waals surface area contributed by atoms with Gasteiger partial charge in [-0.25, -0.2) is 4.98 Å². The number of nitrogens with zero attached hydrogens (tertiary/aromatic N) is 3. The van der Waals surface area contributed by atoms with Crippen molar-refractivity contribution in [2.45, 2.75) is 50.5 Å². The highest BCUT2D eigenvalue weighted by atomic mass is 16.6. The van der Waals surface area contributed by atoms with Crippen LogP contribution in [0.5, 0.6) is 0 Å². The number of carbonyl (C=O) groups excluding carboxylic acids is 1. The summed E-state index contributed by atoms with van der Waals surface area (Å²) in [5.74, 6) is 1.02. The Morgan fingerprint density at radius 2 is 1.97 bits per heavy atom. The second-order valence-electron chi connectivity index (χ2n) is 8.24. The second kappa shape index (κ2) is 7.00. The molecule has 3 saturated heterocycles. The zero-order valence-corrected chi connectivity index (χ0v) is 16.5. The quantitative estimate of drug-likeness (QED) is 0.778. The van der Waals surface area contributed by atoms with Crippen LogP contribution in [-0.4, -0.2) is 45.9 Å². The summed E-state index contributed by atoms with van der Waals surface area (Å²) in [7, 11) is 0. The lowest BCUT2D eigenvalue weighted by Gasteiger charge is -2.38. The van der Waals surface area contributed by atoms with Crippen LogP contribution in [-0.2, 0) is 9.53 Å². The molecule has 152 valence electrons. The SMILES string of the molecule is Cc1cc(N2CCC3(CC2)OC2CCC(c4ccccc4)N2C3=O)ncc1NO. The lowest BCUT2D eigenvalue weighted by atomic mass is 9.89. The van der Waals surface area contributed by atoms with Gasteiger partial charge in [0.15, 0.2) is 5.60 Å². The standard InChI is InChI=1S/C22H26N4O3/c1-15-13-19(23-14-17(15)24-28)25-11-9-22(10-12-25)21(27)26-18(7-8-20(26)29-22)16-5-3-2-4-6-16/h2-6,13-14,18,20,24,28H,7-12H2,1H3. The summed E-state index contributed by atoms with van der Waals surface area (Å²) in [5, 5.41) is 9.11. The zero-order chi connectivity index (χ0) is 20.0. The van der Waals surface area contributed by atoms with Crippen molar-refractivity contribution in [3.63, 3.8) is 0 Å². The van der Waals surface area contributed by atoms with Crippen molar-refractivity contribution in [2.24, 2.45) is 0 Å². The molecule has 3 aliphatic rings. The molecule has 7 heteroatoms. The fraction of sp³-hybridized carbons (Fsp3) is 0.455. The van der Waals surface area contributed by atoms with E-state index < -0.39 is 5.60 Å². The minimum atomic E-state index is -0.698. The number of benzene rings is 1. The molecule has 3 fully saturated rings. The monoisotopic (exact) mass is 394 g/mol. The molecule has 2 atom stereocenters. The molecule has 1 aromatic carbocycles. The topological polar surface area (TPSA) is 77.9 Å². The van der Waals surface area contributed by atoms with E-state index in [4.69, 9.17) is 9.94 Å². The van der Waals surface area contributed by atoms with Crippen molar-refractivity contribution in [2.75, 3.05) is 23.5 Å². The van der Waals surface area contributed by atoms with E-state index in [0.717, 1.165) is 37.3 Å². The first-order valence-corrected chi connectivity index (χ1v) is 10.3. The number of anilines is 2. The number of hydrogen-bond donors (Lipinski definition) is 2. The van der Waals surface area contributed by atoms with E-state index in [0.29, 0.717) is 18.5 Å². The average Bonchev–Trinajstić information content (AvgIpc) is 3.27. The van der Waals surface area contributed by atoms with Gasteiger partial charge in [0.2, 0.25) is 0 Å². The Morgan fingerprint density at radius 3 is 2.66 bits per heavy atom. The molecule has 4 heterocycles. The first-order valence-electron chi connectivity index (χ1n) is 10.3. The predicted octanol–water partition coefficient (Wildman–Crippen LogP) is 3.25. The Bertz CT molecular complexity index is 912. The van der Waals surface area contributed by atoms with E-state index in [9.17, 15) is 4.79 Å². The molecular weight excluding hydrogens is 368 g/mol. The van der Waals surface area contributed by atoms with E-state index in [-0.39, 0.29) is 18.2 Å². The first kappa shape index (κ1) is 18.4. The van der Waals surface area contributed by atoms with Crippen LogP contribution in [0.3, 0.4) is 0 Å². The normalized spacial score (nSPS) is 25.5. The molecule has 0 saturated carbocycles. The smallest absolute Gasteiger partial charge is 0.257 e. The van der Waals surface area contributed by atoms with Gasteiger partial charge in [0.1, 0.15) is 12.0 Å². The number of piperidine rings is 1. The Morgan fingerprint density at radius 1 is 1.21 bits per heavy atom. The van der Waals surface area contributed by atoms with E-state index in [2.05, 4.69) is 27.5 Å². The average molecular weight is 394 g/mol. The van der Waals surface area contributed by atoms with Gasteiger partial charge >= 0.3 is 0 Å². The number of ether oxygens (including phenoxy) is 1. The minimum Gasteiger partial charge on any atom is -0.356 e. The maximum atomic E-state index is 13.5. The van der Waals surface area contributed by atoms with Crippen LogP contribution >= 0.6 is 0 Å². The van der Waals surface area contributed by atoms with Crippen molar-refractivity contribution < 1.29 is 14.7 Å². The molecule has 0 radical (unpaired) electrons. The third-order valence-corrected chi connectivity index (χ3v) is 6.62. The van der Waals surface area contributed by atoms with Crippen LogP contribution in [0.1, 0.15) is 42.9 Å². The summed E-state index contributed by atoms with van der Waals surface area (Å²) in [6, 6.07) is 12.4. The van der Waals surface area contributed by atoms with Crippen LogP contribution in [0.4, 0.5) is 11.5 Å². The highest BCUT2D eigenvalue weighted by molar-refractivity contribution is 5.88. The van der Waals surface area contributed by atoms with E-state index in [1.807, 2.05) is 36.1 Å². The molecule has 1 amide bonds. The fourth-order valence-corrected chi connectivity index (χ4v) is 4.98. The van der Waals surface area contributed by atoms with Crippen LogP contribution in [0, 0.1) is 6.92 Å². The van der Waals surface area contributed by atoms with Crippen molar-refractivity contribution in [3.8, 4) is 0 Å². The Hall–Kier alpha value is -2.64. The molecule has 2 unspecified atom stereocenters. The molecule has 1 spiro atoms. The highest BCUT2D eigenvalue weighted by Crippen LogP contribution is 2.47. The molecular formula is C22H26N4O3. The number of aromatic nitrogens is 1. The number of rotatable bonds is 3.